The van der Waals surface area contributed by atoms with Gasteiger partial charge in [-0.2, -0.15) is 0 Å². The summed E-state index contributed by atoms with van der Waals surface area (Å²) < 4.78 is 23.6. The quantitative estimate of drug-likeness (QED) is 0.625. The molecule has 0 bridgehead atoms. The summed E-state index contributed by atoms with van der Waals surface area (Å²) in [6.07, 6.45) is -0.786. The lowest BCUT2D eigenvalue weighted by Gasteiger charge is -1.98. The fraction of sp³-hybridized carbons (Fsp3) is 0. The lowest BCUT2D eigenvalue weighted by molar-refractivity contribution is -0.385. The Morgan fingerprint density at radius 1 is 1.39 bits per heavy atom. The number of para-hydroxylation sites is 1. The van der Waals surface area contributed by atoms with Crippen molar-refractivity contribution in [3.05, 3.63) is 45.4 Å². The van der Waals surface area contributed by atoms with E-state index in [1.165, 1.54) is 29.0 Å². The van der Waals surface area contributed by atoms with E-state index in [0.29, 0.717) is 5.41 Å². The van der Waals surface area contributed by atoms with Crippen molar-refractivity contribution in [1.29, 1.82) is 0 Å². The molecule has 96 valence electrons. The molecule has 0 unspecified atom stereocenters. The molecule has 0 aromatic heterocycles. The Hall–Kier alpha value is -2.42. The number of benzene rings is 1. The standard InChI is InChI=1S/C9H8N2O6S/c12-9(13)10-18(16,17)6-5-7-3-1-2-4-8(7)11(14)15/h1-6,10H,(H,12,13)/b6-5+. The van der Waals surface area contributed by atoms with Gasteiger partial charge >= 0.3 is 6.09 Å². The van der Waals surface area contributed by atoms with Crippen LogP contribution < -0.4 is 4.72 Å². The van der Waals surface area contributed by atoms with E-state index in [4.69, 9.17) is 5.11 Å². The van der Waals surface area contributed by atoms with E-state index in [1.54, 1.807) is 0 Å². The normalized spacial score (nSPS) is 11.3. The average Bonchev–Trinajstić information content (AvgIpc) is 2.25. The lowest BCUT2D eigenvalue weighted by Crippen LogP contribution is -2.26. The molecular weight excluding hydrogens is 264 g/mol. The summed E-state index contributed by atoms with van der Waals surface area (Å²) in [5.74, 6) is 0. The number of hydrogen-bond acceptors (Lipinski definition) is 5. The Morgan fingerprint density at radius 2 is 2.00 bits per heavy atom. The molecule has 1 aromatic rings. The fourth-order valence-electron chi connectivity index (χ4n) is 1.11. The minimum absolute atomic E-state index is 0.0539. The second-order valence-corrected chi connectivity index (χ2v) is 4.64. The molecule has 0 radical (unpaired) electrons. The minimum atomic E-state index is -4.17. The van der Waals surface area contributed by atoms with E-state index < -0.39 is 21.0 Å². The highest BCUT2D eigenvalue weighted by atomic mass is 32.2. The van der Waals surface area contributed by atoms with Crippen molar-refractivity contribution in [3.8, 4) is 0 Å². The van der Waals surface area contributed by atoms with Gasteiger partial charge in [0, 0.05) is 6.07 Å². The Balaban J connectivity index is 3.05. The Kier molecular flexibility index (Phi) is 4.00. The highest BCUT2D eigenvalue weighted by Crippen LogP contribution is 2.19. The Bertz CT molecular complexity index is 607. The number of carboxylic acid groups (broad SMARTS) is 1. The van der Waals surface area contributed by atoms with Crippen molar-refractivity contribution in [2.45, 2.75) is 0 Å². The molecule has 0 aliphatic carbocycles. The Morgan fingerprint density at radius 3 is 2.56 bits per heavy atom. The predicted octanol–water partition coefficient (Wildman–Crippen LogP) is 1.16. The topological polar surface area (TPSA) is 127 Å². The number of nitro benzene ring substituents is 1. The van der Waals surface area contributed by atoms with Gasteiger partial charge in [0.05, 0.1) is 15.9 Å². The monoisotopic (exact) mass is 272 g/mol. The first-order valence-electron chi connectivity index (χ1n) is 4.49. The zero-order valence-electron chi connectivity index (χ0n) is 8.81. The van der Waals surface area contributed by atoms with Crippen LogP contribution in [-0.2, 0) is 10.0 Å². The van der Waals surface area contributed by atoms with Crippen LogP contribution >= 0.6 is 0 Å². The fourth-order valence-corrected chi connectivity index (χ4v) is 1.75. The predicted molar refractivity (Wildman–Crippen MR) is 62.2 cm³/mol. The van der Waals surface area contributed by atoms with Crippen LogP contribution in [0.4, 0.5) is 10.5 Å². The summed E-state index contributed by atoms with van der Waals surface area (Å²) in [6.45, 7) is 0. The van der Waals surface area contributed by atoms with Crippen LogP contribution in [0.3, 0.4) is 0 Å². The molecule has 8 nitrogen and oxygen atoms in total. The number of sulfonamides is 1. The summed E-state index contributed by atoms with van der Waals surface area (Å²) in [5.41, 5.74) is -0.225. The van der Waals surface area contributed by atoms with E-state index in [0.717, 1.165) is 6.08 Å². The van der Waals surface area contributed by atoms with Crippen LogP contribution in [-0.4, -0.2) is 24.5 Å². The number of hydrogen-bond donors (Lipinski definition) is 2. The maximum atomic E-state index is 11.1. The molecule has 0 saturated carbocycles. The third-order valence-corrected chi connectivity index (χ3v) is 2.74. The summed E-state index contributed by atoms with van der Waals surface area (Å²) in [7, 11) is -4.17. The number of amides is 1. The highest BCUT2D eigenvalue weighted by molar-refractivity contribution is 7.93. The van der Waals surface area contributed by atoms with Crippen LogP contribution in [0.15, 0.2) is 29.7 Å². The molecule has 0 aliphatic rings. The maximum absolute atomic E-state index is 11.1. The van der Waals surface area contributed by atoms with Crippen LogP contribution in [0.5, 0.6) is 0 Å². The molecule has 1 rings (SSSR count). The van der Waals surface area contributed by atoms with E-state index in [2.05, 4.69) is 0 Å². The first kappa shape index (κ1) is 13.6. The van der Waals surface area contributed by atoms with Crippen molar-refractivity contribution >= 4 is 27.9 Å². The third kappa shape index (κ3) is 3.87. The van der Waals surface area contributed by atoms with Gasteiger partial charge in [0.15, 0.2) is 0 Å². The van der Waals surface area contributed by atoms with Crippen molar-refractivity contribution in [2.75, 3.05) is 0 Å². The van der Waals surface area contributed by atoms with Gasteiger partial charge in [-0.1, -0.05) is 12.1 Å². The second-order valence-electron chi connectivity index (χ2n) is 3.07. The SMILES string of the molecule is O=C(O)NS(=O)(=O)/C=C/c1ccccc1[N+](=O)[O-]. The van der Waals surface area contributed by atoms with Gasteiger partial charge in [0.1, 0.15) is 0 Å². The summed E-state index contributed by atoms with van der Waals surface area (Å²) in [4.78, 5) is 20.1. The van der Waals surface area contributed by atoms with Gasteiger partial charge < -0.3 is 5.11 Å². The molecular formula is C9H8N2O6S. The van der Waals surface area contributed by atoms with Gasteiger partial charge in [0.25, 0.3) is 15.7 Å². The van der Waals surface area contributed by atoms with Crippen LogP contribution in [0.1, 0.15) is 5.56 Å². The van der Waals surface area contributed by atoms with Crippen LogP contribution in [0, 0.1) is 10.1 Å². The van der Waals surface area contributed by atoms with Crippen molar-refractivity contribution in [1.82, 2.24) is 4.72 Å². The van der Waals surface area contributed by atoms with E-state index in [-0.39, 0.29) is 11.3 Å². The molecule has 1 aromatic carbocycles. The van der Waals surface area contributed by atoms with Crippen molar-refractivity contribution in [3.63, 3.8) is 0 Å². The molecule has 0 aliphatic heterocycles. The zero-order valence-corrected chi connectivity index (χ0v) is 9.62. The minimum Gasteiger partial charge on any atom is -0.464 e. The third-order valence-electron chi connectivity index (χ3n) is 1.79. The van der Waals surface area contributed by atoms with E-state index in [9.17, 15) is 23.3 Å². The Labute approximate surface area is 102 Å². The molecule has 0 saturated heterocycles. The summed E-state index contributed by atoms with van der Waals surface area (Å²) >= 11 is 0. The number of nitro groups is 1. The molecule has 2 N–H and O–H groups in total. The largest absolute Gasteiger partial charge is 0.464 e. The second kappa shape index (κ2) is 5.27. The number of rotatable bonds is 4. The highest BCUT2D eigenvalue weighted by Gasteiger charge is 2.12. The van der Waals surface area contributed by atoms with Gasteiger partial charge in [-0.05, 0) is 12.1 Å². The first-order valence-corrected chi connectivity index (χ1v) is 6.04. The van der Waals surface area contributed by atoms with Crippen molar-refractivity contribution < 1.29 is 23.2 Å². The average molecular weight is 272 g/mol. The number of nitrogens with zero attached hydrogens (tertiary/aromatic N) is 1. The maximum Gasteiger partial charge on any atom is 0.418 e. The smallest absolute Gasteiger partial charge is 0.418 e. The van der Waals surface area contributed by atoms with E-state index in [1.807, 2.05) is 0 Å². The van der Waals surface area contributed by atoms with Gasteiger partial charge in [0.2, 0.25) is 0 Å². The number of nitrogens with one attached hydrogen (secondary N) is 1. The van der Waals surface area contributed by atoms with Crippen molar-refractivity contribution in [2.24, 2.45) is 0 Å². The number of carbonyl (C=O) groups is 1. The molecule has 9 heteroatoms. The van der Waals surface area contributed by atoms with Crippen LogP contribution in [0.2, 0.25) is 0 Å². The summed E-state index contributed by atoms with van der Waals surface area (Å²) in [6, 6.07) is 5.46. The molecule has 0 fully saturated rings. The van der Waals surface area contributed by atoms with Gasteiger partial charge in [-0.15, -0.1) is 0 Å². The zero-order chi connectivity index (χ0) is 13.8. The van der Waals surface area contributed by atoms with E-state index >= 15 is 0 Å². The molecule has 0 atom stereocenters. The summed E-state index contributed by atoms with van der Waals surface area (Å²) in [5, 5.41) is 19.4. The molecule has 1 amide bonds. The molecule has 0 heterocycles. The van der Waals surface area contributed by atoms with Crippen LogP contribution in [0.25, 0.3) is 6.08 Å². The molecule has 0 spiro atoms. The lowest BCUT2D eigenvalue weighted by atomic mass is 10.2. The van der Waals surface area contributed by atoms with Gasteiger partial charge in [-0.25, -0.2) is 17.9 Å². The molecule has 18 heavy (non-hydrogen) atoms. The van der Waals surface area contributed by atoms with Gasteiger partial charge in [-0.3, -0.25) is 10.1 Å². The first-order chi connectivity index (χ1) is 8.32.